The molecule has 1 aromatic heterocycles. The Labute approximate surface area is 138 Å². The molecule has 114 valence electrons. The van der Waals surface area contributed by atoms with Crippen LogP contribution in [0.1, 0.15) is 31.3 Å². The zero-order valence-electron chi connectivity index (χ0n) is 12.1. The predicted molar refractivity (Wildman–Crippen MR) is 87.8 cm³/mol. The molecular formula is C14H19BrClN5. The summed E-state index contributed by atoms with van der Waals surface area (Å²) < 4.78 is 2.79. The van der Waals surface area contributed by atoms with Gasteiger partial charge in [0.15, 0.2) is 0 Å². The minimum absolute atomic E-state index is 0.0642. The molecule has 1 heterocycles. The molecule has 0 radical (unpaired) electrons. The number of benzene rings is 1. The molecule has 0 spiro atoms. The van der Waals surface area contributed by atoms with Crippen molar-refractivity contribution in [1.82, 2.24) is 20.2 Å². The average Bonchev–Trinajstić information content (AvgIpc) is 2.85. The van der Waals surface area contributed by atoms with E-state index in [-0.39, 0.29) is 6.04 Å². The second kappa shape index (κ2) is 7.35. The molecule has 7 heteroatoms. The monoisotopic (exact) mass is 371 g/mol. The van der Waals surface area contributed by atoms with Crippen molar-refractivity contribution in [2.45, 2.75) is 32.9 Å². The number of hydrazine groups is 1. The predicted octanol–water partition coefficient (Wildman–Crippen LogP) is 3.10. The standard InChI is InChI=1S/C14H19BrClN5/c1-9(2)7-21-14(18-8-19-21)6-13(20-17)10-3-4-11(15)12(16)5-10/h3-5,8-9,13,20H,6-7,17H2,1-2H3. The SMILES string of the molecule is CC(C)Cn1ncnc1CC(NN)c1ccc(Br)c(Cl)c1. The first-order chi connectivity index (χ1) is 10.0. The fraction of sp³-hybridized carbons (Fsp3) is 0.429. The summed E-state index contributed by atoms with van der Waals surface area (Å²) >= 11 is 9.54. The van der Waals surface area contributed by atoms with E-state index in [0.717, 1.165) is 22.4 Å². The van der Waals surface area contributed by atoms with Crippen molar-refractivity contribution in [3.8, 4) is 0 Å². The molecule has 1 aromatic carbocycles. The van der Waals surface area contributed by atoms with Crippen LogP contribution in [0.2, 0.25) is 5.02 Å². The Kier molecular flexibility index (Phi) is 5.75. The van der Waals surface area contributed by atoms with Gasteiger partial charge in [0.25, 0.3) is 0 Å². The largest absolute Gasteiger partial charge is 0.271 e. The average molecular weight is 373 g/mol. The van der Waals surface area contributed by atoms with Gasteiger partial charge in [-0.05, 0) is 39.5 Å². The topological polar surface area (TPSA) is 68.8 Å². The van der Waals surface area contributed by atoms with E-state index in [0.29, 0.717) is 17.4 Å². The van der Waals surface area contributed by atoms with Gasteiger partial charge in [0, 0.05) is 17.4 Å². The first-order valence-electron chi connectivity index (χ1n) is 6.79. The number of hydrogen-bond donors (Lipinski definition) is 2. The highest BCUT2D eigenvalue weighted by Crippen LogP contribution is 2.27. The lowest BCUT2D eigenvalue weighted by atomic mass is 10.0. The molecular weight excluding hydrogens is 354 g/mol. The van der Waals surface area contributed by atoms with Crippen LogP contribution in [0.4, 0.5) is 0 Å². The maximum absolute atomic E-state index is 6.15. The van der Waals surface area contributed by atoms with Gasteiger partial charge in [0.05, 0.1) is 11.1 Å². The van der Waals surface area contributed by atoms with E-state index in [1.807, 2.05) is 22.9 Å². The zero-order chi connectivity index (χ0) is 15.4. The van der Waals surface area contributed by atoms with E-state index < -0.39 is 0 Å². The van der Waals surface area contributed by atoms with Crippen LogP contribution in [0.25, 0.3) is 0 Å². The molecule has 0 saturated carbocycles. The van der Waals surface area contributed by atoms with Crippen LogP contribution >= 0.6 is 27.5 Å². The lowest BCUT2D eigenvalue weighted by molar-refractivity contribution is 0.446. The molecule has 21 heavy (non-hydrogen) atoms. The zero-order valence-corrected chi connectivity index (χ0v) is 14.4. The molecule has 0 aliphatic heterocycles. The van der Waals surface area contributed by atoms with E-state index in [1.165, 1.54) is 0 Å². The van der Waals surface area contributed by atoms with Crippen molar-refractivity contribution in [3.63, 3.8) is 0 Å². The van der Waals surface area contributed by atoms with E-state index in [2.05, 4.69) is 45.3 Å². The Hall–Kier alpha value is -0.950. The molecule has 2 rings (SSSR count). The number of nitrogens with two attached hydrogens (primary N) is 1. The quantitative estimate of drug-likeness (QED) is 0.604. The normalized spacial score (nSPS) is 12.9. The summed E-state index contributed by atoms with van der Waals surface area (Å²) in [4.78, 5) is 4.34. The number of halogens is 2. The first-order valence-corrected chi connectivity index (χ1v) is 7.96. The minimum Gasteiger partial charge on any atom is -0.271 e. The van der Waals surface area contributed by atoms with Gasteiger partial charge in [-0.15, -0.1) is 0 Å². The Balaban J connectivity index is 2.19. The Morgan fingerprint density at radius 3 is 2.81 bits per heavy atom. The van der Waals surface area contributed by atoms with Crippen LogP contribution in [0.15, 0.2) is 29.0 Å². The summed E-state index contributed by atoms with van der Waals surface area (Å²) in [6.45, 7) is 5.14. The smallest absolute Gasteiger partial charge is 0.138 e. The summed E-state index contributed by atoms with van der Waals surface area (Å²) in [6.07, 6.45) is 2.24. The number of nitrogens with one attached hydrogen (secondary N) is 1. The summed E-state index contributed by atoms with van der Waals surface area (Å²) in [5.74, 6) is 7.12. The molecule has 1 atom stereocenters. The maximum atomic E-state index is 6.15. The number of aromatic nitrogens is 3. The third-order valence-corrected chi connectivity index (χ3v) is 4.40. The number of hydrogen-bond acceptors (Lipinski definition) is 4. The molecule has 0 aliphatic carbocycles. The van der Waals surface area contributed by atoms with Crippen molar-refractivity contribution in [1.29, 1.82) is 0 Å². The van der Waals surface area contributed by atoms with Gasteiger partial charge < -0.3 is 0 Å². The van der Waals surface area contributed by atoms with Crippen LogP contribution in [-0.4, -0.2) is 14.8 Å². The highest BCUT2D eigenvalue weighted by Gasteiger charge is 2.16. The summed E-state index contributed by atoms with van der Waals surface area (Å²) in [7, 11) is 0. The van der Waals surface area contributed by atoms with E-state index >= 15 is 0 Å². The molecule has 5 nitrogen and oxygen atoms in total. The van der Waals surface area contributed by atoms with Crippen LogP contribution in [0, 0.1) is 5.92 Å². The molecule has 0 fully saturated rings. The van der Waals surface area contributed by atoms with Crippen molar-refractivity contribution in [2.75, 3.05) is 0 Å². The van der Waals surface area contributed by atoms with Gasteiger partial charge in [-0.2, -0.15) is 5.10 Å². The third kappa shape index (κ3) is 4.26. The Morgan fingerprint density at radius 1 is 1.43 bits per heavy atom. The lowest BCUT2D eigenvalue weighted by Gasteiger charge is -2.17. The van der Waals surface area contributed by atoms with Gasteiger partial charge in [0.1, 0.15) is 12.2 Å². The summed E-state index contributed by atoms with van der Waals surface area (Å²) in [5.41, 5.74) is 3.85. The fourth-order valence-corrected chi connectivity index (χ4v) is 2.56. The lowest BCUT2D eigenvalue weighted by Crippen LogP contribution is -2.30. The fourth-order valence-electron chi connectivity index (χ4n) is 2.13. The second-order valence-electron chi connectivity index (χ2n) is 5.35. The minimum atomic E-state index is -0.0642. The second-order valence-corrected chi connectivity index (χ2v) is 6.61. The molecule has 0 saturated heterocycles. The van der Waals surface area contributed by atoms with Crippen LogP contribution in [0.3, 0.4) is 0 Å². The maximum Gasteiger partial charge on any atom is 0.138 e. The Morgan fingerprint density at radius 2 is 2.19 bits per heavy atom. The highest BCUT2D eigenvalue weighted by molar-refractivity contribution is 9.10. The van der Waals surface area contributed by atoms with Crippen LogP contribution < -0.4 is 11.3 Å². The van der Waals surface area contributed by atoms with Crippen molar-refractivity contribution < 1.29 is 0 Å². The summed E-state index contributed by atoms with van der Waals surface area (Å²) in [6, 6.07) is 5.75. The highest BCUT2D eigenvalue weighted by atomic mass is 79.9. The molecule has 2 aromatic rings. The number of rotatable bonds is 6. The summed E-state index contributed by atoms with van der Waals surface area (Å²) in [5, 5.41) is 4.94. The van der Waals surface area contributed by atoms with Gasteiger partial charge in [-0.25, -0.2) is 9.67 Å². The van der Waals surface area contributed by atoms with Crippen LogP contribution in [0.5, 0.6) is 0 Å². The van der Waals surface area contributed by atoms with Gasteiger partial charge >= 0.3 is 0 Å². The van der Waals surface area contributed by atoms with E-state index in [9.17, 15) is 0 Å². The molecule has 0 bridgehead atoms. The van der Waals surface area contributed by atoms with Gasteiger partial charge in [0.2, 0.25) is 0 Å². The van der Waals surface area contributed by atoms with Crippen molar-refractivity contribution in [2.24, 2.45) is 11.8 Å². The van der Waals surface area contributed by atoms with E-state index in [1.54, 1.807) is 6.33 Å². The molecule has 1 unspecified atom stereocenters. The Bertz CT molecular complexity index is 599. The molecule has 0 amide bonds. The van der Waals surface area contributed by atoms with Crippen molar-refractivity contribution in [3.05, 3.63) is 45.4 Å². The first kappa shape index (κ1) is 16.4. The van der Waals surface area contributed by atoms with E-state index in [4.69, 9.17) is 17.4 Å². The van der Waals surface area contributed by atoms with Crippen LogP contribution in [-0.2, 0) is 13.0 Å². The molecule has 3 N–H and O–H groups in total. The van der Waals surface area contributed by atoms with Gasteiger partial charge in [-0.3, -0.25) is 11.3 Å². The molecule has 0 aliphatic rings. The third-order valence-electron chi connectivity index (χ3n) is 3.17. The van der Waals surface area contributed by atoms with Crippen molar-refractivity contribution >= 4 is 27.5 Å². The van der Waals surface area contributed by atoms with Gasteiger partial charge in [-0.1, -0.05) is 31.5 Å². The number of nitrogens with zero attached hydrogens (tertiary/aromatic N) is 3.